The summed E-state index contributed by atoms with van der Waals surface area (Å²) in [6.45, 7) is 1.80. The predicted octanol–water partition coefficient (Wildman–Crippen LogP) is 5.10. The molecule has 38 heavy (non-hydrogen) atoms. The van der Waals surface area contributed by atoms with Crippen LogP contribution in [-0.4, -0.2) is 37.8 Å². The lowest BCUT2D eigenvalue weighted by atomic mass is 9.98. The van der Waals surface area contributed by atoms with E-state index in [0.717, 1.165) is 17.4 Å². The van der Waals surface area contributed by atoms with Gasteiger partial charge in [-0.2, -0.15) is 8.78 Å². The number of benzene rings is 1. The van der Waals surface area contributed by atoms with Gasteiger partial charge in [-0.05, 0) is 56.4 Å². The van der Waals surface area contributed by atoms with Crippen LogP contribution in [0.15, 0.2) is 48.8 Å². The molecule has 13 heteroatoms. The maximum absolute atomic E-state index is 14.8. The molecule has 0 saturated carbocycles. The zero-order chi connectivity index (χ0) is 27.4. The van der Waals surface area contributed by atoms with Crippen molar-refractivity contribution in [3.8, 4) is 22.1 Å². The van der Waals surface area contributed by atoms with Crippen molar-refractivity contribution in [3.63, 3.8) is 0 Å². The molecule has 4 aromatic rings. The van der Waals surface area contributed by atoms with Gasteiger partial charge >= 0.3 is 6.61 Å². The van der Waals surface area contributed by atoms with Gasteiger partial charge in [-0.1, -0.05) is 17.2 Å². The van der Waals surface area contributed by atoms with Gasteiger partial charge in [-0.15, -0.1) is 5.10 Å². The largest absolute Gasteiger partial charge is 0.462 e. The number of alkyl halides is 2. The molecule has 9 nitrogen and oxygen atoms in total. The number of pyridine rings is 2. The van der Waals surface area contributed by atoms with Crippen LogP contribution in [0.4, 0.5) is 18.3 Å². The molecule has 0 unspecified atom stereocenters. The molecule has 0 bridgehead atoms. The number of ether oxygens (including phenoxy) is 2. The molecular formula is C25H22F3N5O4S. The normalized spacial score (nSPS) is 11.5. The number of hydrogen-bond donors (Lipinski definition) is 2. The summed E-state index contributed by atoms with van der Waals surface area (Å²) >= 11 is 0.940. The van der Waals surface area contributed by atoms with Gasteiger partial charge in [0, 0.05) is 29.2 Å². The molecule has 2 N–H and O–H groups in total. The maximum Gasteiger partial charge on any atom is 0.387 e. The predicted molar refractivity (Wildman–Crippen MR) is 133 cm³/mol. The van der Waals surface area contributed by atoms with Gasteiger partial charge < -0.3 is 14.6 Å². The Morgan fingerprint density at radius 1 is 1.16 bits per heavy atom. The summed E-state index contributed by atoms with van der Waals surface area (Å²) in [4.78, 5) is 21.4. The highest BCUT2D eigenvalue weighted by atomic mass is 32.1. The number of aromatic nitrogens is 4. The van der Waals surface area contributed by atoms with E-state index in [0.29, 0.717) is 17.0 Å². The number of aryl methyl sites for hydroxylation is 1. The van der Waals surface area contributed by atoms with E-state index in [2.05, 4.69) is 30.2 Å². The fourth-order valence-electron chi connectivity index (χ4n) is 3.40. The molecule has 0 fully saturated rings. The SMILES string of the molecule is Cc1cc(-c2c(F)cccc2OC(F)F)c(C(=O)Nc2nnc(OCc3ccc(C(C)(C)O)cn3)s2)cn1. The van der Waals surface area contributed by atoms with Gasteiger partial charge in [0.1, 0.15) is 18.2 Å². The lowest BCUT2D eigenvalue weighted by Crippen LogP contribution is -2.16. The third-order valence-electron chi connectivity index (χ3n) is 5.25. The lowest BCUT2D eigenvalue weighted by Gasteiger charge is -2.17. The van der Waals surface area contributed by atoms with Crippen LogP contribution >= 0.6 is 11.3 Å². The second-order valence-electron chi connectivity index (χ2n) is 8.58. The van der Waals surface area contributed by atoms with Gasteiger partial charge in [-0.3, -0.25) is 20.1 Å². The zero-order valence-electron chi connectivity index (χ0n) is 20.4. The molecule has 0 aliphatic heterocycles. The Bertz CT molecular complexity index is 1440. The standard InChI is InChI=1S/C25H22F3N5O4S/c1-13-9-16(20-18(26)5-4-6-19(20)37-22(27)28)17(11-29-13)21(34)31-23-32-33-24(38-23)36-12-15-8-7-14(10-30-15)25(2,3)35/h4-11,22,35H,12H2,1-3H3,(H,31,32,34). The first kappa shape index (κ1) is 26.9. The minimum absolute atomic E-state index is 0.0188. The van der Waals surface area contributed by atoms with Crippen molar-refractivity contribution in [3.05, 3.63) is 77.1 Å². The van der Waals surface area contributed by atoms with Crippen molar-refractivity contribution < 1.29 is 32.5 Å². The van der Waals surface area contributed by atoms with Crippen LogP contribution in [0.3, 0.4) is 0 Å². The number of carbonyl (C=O) groups excluding carboxylic acids is 1. The molecule has 0 saturated heterocycles. The van der Waals surface area contributed by atoms with Gasteiger partial charge in [-0.25, -0.2) is 4.39 Å². The Balaban J connectivity index is 1.51. The monoisotopic (exact) mass is 545 g/mol. The van der Waals surface area contributed by atoms with Crippen LogP contribution in [0.2, 0.25) is 0 Å². The second-order valence-corrected chi connectivity index (χ2v) is 9.52. The molecule has 198 valence electrons. The summed E-state index contributed by atoms with van der Waals surface area (Å²) in [7, 11) is 0. The summed E-state index contributed by atoms with van der Waals surface area (Å²) in [6, 6.07) is 8.33. The Hall–Kier alpha value is -4.10. The number of halogens is 3. The van der Waals surface area contributed by atoms with Crippen LogP contribution in [0.25, 0.3) is 11.1 Å². The number of rotatable bonds is 9. The first-order valence-corrected chi connectivity index (χ1v) is 12.0. The summed E-state index contributed by atoms with van der Waals surface area (Å²) in [5, 5.41) is 20.5. The topological polar surface area (TPSA) is 119 Å². The maximum atomic E-state index is 14.8. The second kappa shape index (κ2) is 11.1. The number of hydrogen-bond acceptors (Lipinski definition) is 9. The minimum atomic E-state index is -3.19. The van der Waals surface area contributed by atoms with E-state index >= 15 is 0 Å². The highest BCUT2D eigenvalue weighted by Gasteiger charge is 2.23. The van der Waals surface area contributed by atoms with Crippen molar-refractivity contribution in [2.75, 3.05) is 5.32 Å². The number of anilines is 1. The van der Waals surface area contributed by atoms with E-state index in [9.17, 15) is 23.1 Å². The Labute approximate surface area is 219 Å². The molecule has 0 aliphatic carbocycles. The third-order valence-corrected chi connectivity index (χ3v) is 6.00. The molecule has 0 spiro atoms. The van der Waals surface area contributed by atoms with E-state index in [1.54, 1.807) is 39.1 Å². The number of carbonyl (C=O) groups is 1. The van der Waals surface area contributed by atoms with Gasteiger partial charge in [0.05, 0.1) is 22.4 Å². The van der Waals surface area contributed by atoms with Crippen LogP contribution in [0.1, 0.15) is 41.2 Å². The molecule has 0 atom stereocenters. The van der Waals surface area contributed by atoms with E-state index in [4.69, 9.17) is 4.74 Å². The van der Waals surface area contributed by atoms with Crippen molar-refractivity contribution in [1.29, 1.82) is 0 Å². The molecule has 1 aromatic carbocycles. The van der Waals surface area contributed by atoms with Crippen molar-refractivity contribution in [2.45, 2.75) is 39.6 Å². The summed E-state index contributed by atoms with van der Waals surface area (Å²) < 4.78 is 50.7. The first-order chi connectivity index (χ1) is 18.0. The van der Waals surface area contributed by atoms with E-state index in [1.165, 1.54) is 24.4 Å². The number of nitrogens with zero attached hydrogens (tertiary/aromatic N) is 4. The molecule has 3 heterocycles. The fraction of sp³-hybridized carbons (Fsp3) is 0.240. The van der Waals surface area contributed by atoms with E-state index in [-0.39, 0.29) is 33.6 Å². The van der Waals surface area contributed by atoms with Crippen LogP contribution < -0.4 is 14.8 Å². The molecule has 0 radical (unpaired) electrons. The summed E-state index contributed by atoms with van der Waals surface area (Å²) in [6.07, 6.45) is 2.75. The van der Waals surface area contributed by atoms with Gasteiger partial charge in [0.15, 0.2) is 0 Å². The Morgan fingerprint density at radius 2 is 1.95 bits per heavy atom. The first-order valence-electron chi connectivity index (χ1n) is 11.2. The van der Waals surface area contributed by atoms with Gasteiger partial charge in [0.25, 0.3) is 11.1 Å². The van der Waals surface area contributed by atoms with Crippen molar-refractivity contribution in [2.24, 2.45) is 0 Å². The van der Waals surface area contributed by atoms with Crippen molar-refractivity contribution in [1.82, 2.24) is 20.2 Å². The minimum Gasteiger partial charge on any atom is -0.462 e. The summed E-state index contributed by atoms with van der Waals surface area (Å²) in [5.41, 5.74) is 0.275. The van der Waals surface area contributed by atoms with Crippen LogP contribution in [0, 0.1) is 12.7 Å². The molecule has 1 amide bonds. The molecular weight excluding hydrogens is 523 g/mol. The molecule has 3 aromatic heterocycles. The highest BCUT2D eigenvalue weighted by Crippen LogP contribution is 2.36. The highest BCUT2D eigenvalue weighted by molar-refractivity contribution is 7.17. The van der Waals surface area contributed by atoms with Gasteiger partial charge in [0.2, 0.25) is 5.13 Å². The summed E-state index contributed by atoms with van der Waals surface area (Å²) in [5.74, 6) is -1.99. The van der Waals surface area contributed by atoms with Crippen LogP contribution in [0.5, 0.6) is 10.9 Å². The average Bonchev–Trinajstić information content (AvgIpc) is 3.29. The van der Waals surface area contributed by atoms with Crippen molar-refractivity contribution >= 4 is 22.4 Å². The lowest BCUT2D eigenvalue weighted by molar-refractivity contribution is -0.0495. The Kier molecular flexibility index (Phi) is 7.88. The average molecular weight is 546 g/mol. The number of aliphatic hydroxyl groups is 1. The molecule has 4 rings (SSSR count). The molecule has 0 aliphatic rings. The van der Waals surface area contributed by atoms with Crippen LogP contribution in [-0.2, 0) is 12.2 Å². The quantitative estimate of drug-likeness (QED) is 0.298. The smallest absolute Gasteiger partial charge is 0.387 e. The van der Waals surface area contributed by atoms with E-state index in [1.807, 2.05) is 0 Å². The Morgan fingerprint density at radius 3 is 2.63 bits per heavy atom. The number of nitrogens with one attached hydrogen (secondary N) is 1. The third kappa shape index (κ3) is 6.42. The zero-order valence-corrected chi connectivity index (χ0v) is 21.2. The number of amides is 1. The fourth-order valence-corrected chi connectivity index (χ4v) is 3.99. The van der Waals surface area contributed by atoms with E-state index < -0.39 is 29.7 Å².